The van der Waals surface area contributed by atoms with Crippen LogP contribution >= 0.6 is 6.72 Å². The van der Waals surface area contributed by atoms with Crippen molar-refractivity contribution >= 4 is 52.6 Å². The second-order valence-electron chi connectivity index (χ2n) is 9.52. The van der Waals surface area contributed by atoms with Crippen LogP contribution in [0.15, 0.2) is 23.8 Å². The molecule has 2 saturated heterocycles. The Morgan fingerprint density at radius 3 is 2.52 bits per heavy atom. The summed E-state index contributed by atoms with van der Waals surface area (Å²) in [5.74, 6) is -0.101. The average Bonchev–Trinajstić information content (AvgIpc) is 3.69. The van der Waals surface area contributed by atoms with Gasteiger partial charge in [-0.15, -0.1) is 0 Å². The lowest BCUT2D eigenvalue weighted by molar-refractivity contribution is -0.0551. The van der Waals surface area contributed by atoms with Crippen molar-refractivity contribution in [3.05, 3.63) is 29.3 Å². The fourth-order valence-corrected chi connectivity index (χ4v) is 6.26. The Hall–Kier alpha value is -3.24. The highest BCUT2D eigenvalue weighted by molar-refractivity contribution is 8.07. The molecule has 0 spiro atoms. The van der Waals surface area contributed by atoms with Gasteiger partial charge in [0, 0.05) is 0 Å². The molecule has 22 heteroatoms. The molecule has 0 amide bonds. The van der Waals surface area contributed by atoms with Crippen molar-refractivity contribution in [1.82, 2.24) is 39.0 Å². The molecule has 226 valence electrons. The van der Waals surface area contributed by atoms with Gasteiger partial charge in [0.25, 0.3) is 5.56 Å². The van der Waals surface area contributed by atoms with Crippen molar-refractivity contribution in [3.63, 3.8) is 0 Å². The molecule has 2 aliphatic heterocycles. The Kier molecular flexibility index (Phi) is 7.42. The number of nitrogens with one attached hydrogen (secondary N) is 1. The van der Waals surface area contributed by atoms with E-state index in [-0.39, 0.29) is 22.9 Å². The first-order chi connectivity index (χ1) is 20.0. The molecule has 0 aliphatic carbocycles. The lowest BCUT2D eigenvalue weighted by Crippen LogP contribution is -2.41. The number of hydrogen-bond donors (Lipinski definition) is 7. The van der Waals surface area contributed by atoms with Crippen LogP contribution < -0.4 is 22.8 Å². The first kappa shape index (κ1) is 28.9. The number of aromatic nitrogens is 8. The Morgan fingerprint density at radius 1 is 1.10 bits per heavy atom. The van der Waals surface area contributed by atoms with Gasteiger partial charge in [0.05, 0.1) is 31.9 Å². The van der Waals surface area contributed by atoms with Gasteiger partial charge in [-0.25, -0.2) is 24.3 Å². The summed E-state index contributed by atoms with van der Waals surface area (Å²) in [6.07, 6.45) is -5.95. The van der Waals surface area contributed by atoms with Gasteiger partial charge in [-0.2, -0.15) is 4.98 Å². The van der Waals surface area contributed by atoms with Gasteiger partial charge >= 0.3 is 6.72 Å². The van der Waals surface area contributed by atoms with Gasteiger partial charge in [-0.05, 0) is 11.8 Å². The Balaban J connectivity index is 1.19. The normalized spacial score (nSPS) is 31.3. The van der Waals surface area contributed by atoms with E-state index >= 15 is 4.39 Å². The third-order valence-electron chi connectivity index (χ3n) is 6.92. The van der Waals surface area contributed by atoms with Crippen LogP contribution in [0, 0.1) is 0 Å². The maximum absolute atomic E-state index is 15.3. The number of alkyl halides is 1. The van der Waals surface area contributed by atoms with E-state index in [2.05, 4.69) is 29.9 Å². The van der Waals surface area contributed by atoms with E-state index in [0.717, 1.165) is 6.33 Å². The van der Waals surface area contributed by atoms with E-state index in [1.807, 2.05) is 0 Å². The maximum atomic E-state index is 15.3. The minimum Gasteiger partial charge on any atom is -0.394 e. The standard InChI is InChI=1S/C20H25FN11O8PS/c21-8-6(1-33)38-19(32-5-28-11-16(32)29-20(24)30-17(11)35)13(8)40-41(36,42)37-2-7-9(22)12(34)18(39-7)31-4-27-10-14(23)25-3-26-15(10)31/h3-9,12-13,18-19,33-34H,1-2,22H2,(H,36,42)(H2,23,25,26)(H3,24,29,30,35)/t6-,7-,8-,9-,12-,13-,18-,19-,41?/m1/s1. The van der Waals surface area contributed by atoms with Crippen LogP contribution in [0.25, 0.3) is 22.3 Å². The van der Waals surface area contributed by atoms with E-state index in [4.69, 9.17) is 47.5 Å². The van der Waals surface area contributed by atoms with Crippen molar-refractivity contribution in [3.8, 4) is 0 Å². The van der Waals surface area contributed by atoms with Gasteiger partial charge < -0.3 is 46.3 Å². The first-order valence-electron chi connectivity index (χ1n) is 12.3. The smallest absolute Gasteiger partial charge is 0.325 e. The fourth-order valence-electron chi connectivity index (χ4n) is 4.86. The molecule has 4 aromatic rings. The summed E-state index contributed by atoms with van der Waals surface area (Å²) in [6, 6.07) is -1.01. The molecule has 0 aromatic carbocycles. The number of ether oxygens (including phenoxy) is 2. The first-order valence-corrected chi connectivity index (χ1v) is 14.9. The van der Waals surface area contributed by atoms with Gasteiger partial charge in [-0.1, -0.05) is 0 Å². The summed E-state index contributed by atoms with van der Waals surface area (Å²) in [6.45, 7) is -5.44. The van der Waals surface area contributed by atoms with E-state index in [9.17, 15) is 19.9 Å². The van der Waals surface area contributed by atoms with Crippen LogP contribution in [0.4, 0.5) is 16.2 Å². The van der Waals surface area contributed by atoms with E-state index in [1.165, 1.54) is 21.8 Å². The average molecular weight is 630 g/mol. The molecular formula is C20H25FN11O8PS. The highest BCUT2D eigenvalue weighted by Crippen LogP contribution is 2.50. The van der Waals surface area contributed by atoms with Crippen LogP contribution in [-0.4, -0.2) is 104 Å². The predicted molar refractivity (Wildman–Crippen MR) is 143 cm³/mol. The second-order valence-corrected chi connectivity index (χ2v) is 12.3. The van der Waals surface area contributed by atoms with Crippen LogP contribution in [0.2, 0.25) is 0 Å². The summed E-state index contributed by atoms with van der Waals surface area (Å²) in [5.41, 5.74) is 17.4. The van der Waals surface area contributed by atoms with Crippen LogP contribution in [0.1, 0.15) is 12.5 Å². The highest BCUT2D eigenvalue weighted by atomic mass is 32.5. The topological polar surface area (TPSA) is 283 Å². The Morgan fingerprint density at radius 2 is 1.79 bits per heavy atom. The van der Waals surface area contributed by atoms with Crippen molar-refractivity contribution in [2.75, 3.05) is 24.7 Å². The van der Waals surface area contributed by atoms with Crippen LogP contribution in [-0.2, 0) is 30.3 Å². The SMILES string of the molecule is Nc1nc2c(ncn2[C@@H]2O[C@H](CO)[C@@H](F)[C@H]2OP(O)(=S)OC[C@H]2O[C@@H](n3cnc4c(N)ncnc43)[C@H](O)[C@@H]2N)c(=O)[nH]1. The quantitative estimate of drug-likeness (QED) is 0.0996. The molecule has 6 heterocycles. The number of fused-ring (bicyclic) bond motifs is 2. The summed E-state index contributed by atoms with van der Waals surface area (Å²) in [4.78, 5) is 45.5. The number of aliphatic hydroxyl groups excluding tert-OH is 2. The zero-order chi connectivity index (χ0) is 29.9. The molecule has 0 saturated carbocycles. The largest absolute Gasteiger partial charge is 0.394 e. The van der Waals surface area contributed by atoms with Gasteiger partial charge in [0.2, 0.25) is 5.95 Å². The molecule has 9 atom stereocenters. The molecule has 1 unspecified atom stereocenters. The lowest BCUT2D eigenvalue weighted by Gasteiger charge is -2.26. The molecular weight excluding hydrogens is 604 g/mol. The Labute approximate surface area is 238 Å². The Bertz CT molecular complexity index is 1740. The van der Waals surface area contributed by atoms with Crippen molar-refractivity contribution < 1.29 is 38.0 Å². The van der Waals surface area contributed by atoms with Gasteiger partial charge in [0.15, 0.2) is 41.3 Å². The third kappa shape index (κ3) is 4.92. The van der Waals surface area contributed by atoms with Crippen LogP contribution in [0.3, 0.4) is 0 Å². The molecule has 10 N–H and O–H groups in total. The number of hydrogen-bond acceptors (Lipinski definition) is 16. The molecule has 6 rings (SSSR count). The van der Waals surface area contributed by atoms with E-state index < -0.39 is 74.6 Å². The molecule has 2 fully saturated rings. The molecule has 2 aliphatic rings. The second kappa shape index (κ2) is 10.8. The number of anilines is 2. The summed E-state index contributed by atoms with van der Waals surface area (Å²) < 4.78 is 40.4. The molecule has 0 radical (unpaired) electrons. The number of rotatable bonds is 8. The van der Waals surface area contributed by atoms with Crippen molar-refractivity contribution in [2.45, 2.75) is 49.1 Å². The van der Waals surface area contributed by atoms with Crippen LogP contribution in [0.5, 0.6) is 0 Å². The van der Waals surface area contributed by atoms with Gasteiger partial charge in [0.1, 0.15) is 36.3 Å². The number of nitrogens with two attached hydrogens (primary N) is 3. The van der Waals surface area contributed by atoms with E-state index in [0.29, 0.717) is 11.2 Å². The number of nitrogen functional groups attached to an aromatic ring is 2. The number of H-pyrrole nitrogens is 1. The number of halogens is 1. The minimum absolute atomic E-state index is 0.0581. The maximum Gasteiger partial charge on any atom is 0.325 e. The summed E-state index contributed by atoms with van der Waals surface area (Å²) >= 11 is 5.13. The summed E-state index contributed by atoms with van der Waals surface area (Å²) in [5, 5.41) is 20.4. The number of aromatic amines is 1. The fraction of sp³-hybridized carbons (Fsp3) is 0.500. The molecule has 0 bridgehead atoms. The number of aliphatic hydroxyl groups is 2. The molecule has 19 nitrogen and oxygen atoms in total. The number of nitrogens with zero attached hydrogens (tertiary/aromatic N) is 7. The van der Waals surface area contributed by atoms with Gasteiger partial charge in [-0.3, -0.25) is 23.4 Å². The molecule has 42 heavy (non-hydrogen) atoms. The minimum atomic E-state index is -4.25. The zero-order valence-electron chi connectivity index (χ0n) is 21.2. The zero-order valence-corrected chi connectivity index (χ0v) is 23.0. The third-order valence-corrected chi connectivity index (χ3v) is 8.48. The number of imidazole rings is 2. The summed E-state index contributed by atoms with van der Waals surface area (Å²) in [7, 11) is 0. The molecule has 4 aromatic heterocycles. The van der Waals surface area contributed by atoms with Crippen molar-refractivity contribution in [2.24, 2.45) is 5.73 Å². The van der Waals surface area contributed by atoms with E-state index in [1.54, 1.807) is 0 Å². The van der Waals surface area contributed by atoms with Crippen molar-refractivity contribution in [1.29, 1.82) is 0 Å². The lowest BCUT2D eigenvalue weighted by atomic mass is 10.1. The highest BCUT2D eigenvalue weighted by Gasteiger charge is 2.50. The monoisotopic (exact) mass is 629 g/mol. The predicted octanol–water partition coefficient (Wildman–Crippen LogP) is -2.44.